The molecule has 5 heteroatoms. The summed E-state index contributed by atoms with van der Waals surface area (Å²) in [4.78, 5) is 0. The molecule has 13 heavy (non-hydrogen) atoms. The van der Waals surface area contributed by atoms with E-state index in [-0.39, 0.29) is 6.04 Å². The van der Waals surface area contributed by atoms with Crippen LogP contribution in [0.5, 0.6) is 0 Å². The molecule has 1 aromatic rings. The summed E-state index contributed by atoms with van der Waals surface area (Å²) in [5.41, 5.74) is 9.36. The van der Waals surface area contributed by atoms with Crippen LogP contribution >= 0.6 is 0 Å². The van der Waals surface area contributed by atoms with E-state index in [1.165, 1.54) is 0 Å². The number of rotatable bonds is 4. The minimum Gasteiger partial charge on any atom is -0.384 e. The number of aromatic nitrogens is 2. The average molecular weight is 181 g/mol. The van der Waals surface area contributed by atoms with E-state index in [4.69, 9.17) is 11.6 Å². The van der Waals surface area contributed by atoms with Gasteiger partial charge in [0.1, 0.15) is 5.82 Å². The van der Waals surface area contributed by atoms with Gasteiger partial charge in [0, 0.05) is 12.6 Å². The predicted octanol–water partition coefficient (Wildman–Crippen LogP) is 0.0828. The summed E-state index contributed by atoms with van der Waals surface area (Å²) < 4.78 is 1.61. The van der Waals surface area contributed by atoms with Crippen LogP contribution in [0.2, 0.25) is 0 Å². The van der Waals surface area contributed by atoms with Gasteiger partial charge < -0.3 is 5.73 Å². The fraction of sp³-hybridized carbons (Fsp3) is 0.375. The van der Waals surface area contributed by atoms with E-state index in [2.05, 4.69) is 17.1 Å². The van der Waals surface area contributed by atoms with Gasteiger partial charge in [-0.1, -0.05) is 6.08 Å². The average Bonchev–Trinajstić information content (AvgIpc) is 2.45. The van der Waals surface area contributed by atoms with Gasteiger partial charge in [0.15, 0.2) is 0 Å². The van der Waals surface area contributed by atoms with E-state index in [1.54, 1.807) is 24.0 Å². The first-order valence-corrected chi connectivity index (χ1v) is 4.05. The van der Waals surface area contributed by atoms with Crippen molar-refractivity contribution in [3.8, 4) is 0 Å². The van der Waals surface area contributed by atoms with Gasteiger partial charge in [-0.25, -0.2) is 0 Å². The summed E-state index contributed by atoms with van der Waals surface area (Å²) >= 11 is 0. The molecule has 1 aromatic heterocycles. The number of nitrogens with zero attached hydrogens (tertiary/aromatic N) is 2. The molecule has 1 atom stereocenters. The molecule has 0 saturated heterocycles. The van der Waals surface area contributed by atoms with Gasteiger partial charge in [0.25, 0.3) is 0 Å². The summed E-state index contributed by atoms with van der Waals surface area (Å²) in [5.74, 6) is 6.01. The zero-order chi connectivity index (χ0) is 9.84. The molecule has 0 saturated carbocycles. The minimum absolute atomic E-state index is 0.00815. The van der Waals surface area contributed by atoms with Crippen molar-refractivity contribution in [2.75, 3.05) is 5.73 Å². The van der Waals surface area contributed by atoms with Crippen LogP contribution in [0, 0.1) is 0 Å². The summed E-state index contributed by atoms with van der Waals surface area (Å²) in [5, 5.41) is 4.03. The maximum atomic E-state index is 5.78. The Morgan fingerprint density at radius 1 is 1.85 bits per heavy atom. The van der Waals surface area contributed by atoms with Gasteiger partial charge in [0.2, 0.25) is 0 Å². The third kappa shape index (κ3) is 1.88. The maximum Gasteiger partial charge on any atom is 0.126 e. The second kappa shape index (κ2) is 4.06. The van der Waals surface area contributed by atoms with Crippen LogP contribution < -0.4 is 17.0 Å². The first kappa shape index (κ1) is 9.76. The SMILES string of the molecule is C=CCC(NN)c1cnn(C)c1N. The van der Waals surface area contributed by atoms with Gasteiger partial charge in [-0.15, -0.1) is 6.58 Å². The Morgan fingerprint density at radius 3 is 2.92 bits per heavy atom. The first-order valence-electron chi connectivity index (χ1n) is 4.05. The van der Waals surface area contributed by atoms with Crippen molar-refractivity contribution in [3.05, 3.63) is 24.4 Å². The smallest absolute Gasteiger partial charge is 0.126 e. The molecular weight excluding hydrogens is 166 g/mol. The molecule has 1 rings (SSSR count). The molecule has 0 aliphatic rings. The van der Waals surface area contributed by atoms with Gasteiger partial charge in [-0.3, -0.25) is 16.0 Å². The second-order valence-electron chi connectivity index (χ2n) is 2.85. The third-order valence-corrected chi connectivity index (χ3v) is 1.99. The molecule has 72 valence electrons. The van der Waals surface area contributed by atoms with Crippen molar-refractivity contribution in [3.63, 3.8) is 0 Å². The van der Waals surface area contributed by atoms with Gasteiger partial charge in [-0.05, 0) is 6.42 Å². The van der Waals surface area contributed by atoms with Crippen LogP contribution in [-0.2, 0) is 7.05 Å². The molecule has 5 nitrogen and oxygen atoms in total. The Hall–Kier alpha value is -1.33. The Balaban J connectivity index is 2.90. The van der Waals surface area contributed by atoms with Crippen molar-refractivity contribution in [1.29, 1.82) is 0 Å². The van der Waals surface area contributed by atoms with Crippen LogP contribution in [0.3, 0.4) is 0 Å². The minimum atomic E-state index is -0.00815. The molecule has 0 aromatic carbocycles. The lowest BCUT2D eigenvalue weighted by molar-refractivity contribution is 0.563. The number of nitrogen functional groups attached to an aromatic ring is 1. The molecule has 0 aliphatic heterocycles. The summed E-state index contributed by atoms with van der Waals surface area (Å²) in [7, 11) is 1.79. The van der Waals surface area contributed by atoms with E-state index in [9.17, 15) is 0 Å². The molecule has 0 spiro atoms. The first-order chi connectivity index (χ1) is 6.20. The van der Waals surface area contributed by atoms with E-state index in [0.29, 0.717) is 5.82 Å². The lowest BCUT2D eigenvalue weighted by Gasteiger charge is -2.12. The van der Waals surface area contributed by atoms with E-state index in [1.807, 2.05) is 0 Å². The highest BCUT2D eigenvalue weighted by Crippen LogP contribution is 2.21. The summed E-state index contributed by atoms with van der Waals surface area (Å²) in [6.07, 6.45) is 4.23. The molecule has 1 heterocycles. The molecule has 5 N–H and O–H groups in total. The highest BCUT2D eigenvalue weighted by molar-refractivity contribution is 5.40. The number of nitrogens with one attached hydrogen (secondary N) is 1. The van der Waals surface area contributed by atoms with Crippen molar-refractivity contribution < 1.29 is 0 Å². The fourth-order valence-corrected chi connectivity index (χ4v) is 1.18. The number of nitrogens with two attached hydrogens (primary N) is 2. The Kier molecular flexibility index (Phi) is 3.05. The van der Waals surface area contributed by atoms with Crippen LogP contribution in [-0.4, -0.2) is 9.78 Å². The fourth-order valence-electron chi connectivity index (χ4n) is 1.18. The second-order valence-corrected chi connectivity index (χ2v) is 2.85. The molecule has 0 aliphatic carbocycles. The van der Waals surface area contributed by atoms with Gasteiger partial charge >= 0.3 is 0 Å². The van der Waals surface area contributed by atoms with E-state index >= 15 is 0 Å². The third-order valence-electron chi connectivity index (χ3n) is 1.99. The quantitative estimate of drug-likeness (QED) is 0.349. The summed E-state index contributed by atoms with van der Waals surface area (Å²) in [6, 6.07) is -0.00815. The monoisotopic (exact) mass is 181 g/mol. The van der Waals surface area contributed by atoms with Crippen molar-refractivity contribution in [2.24, 2.45) is 12.9 Å². The Labute approximate surface area is 77.4 Å². The molecule has 0 radical (unpaired) electrons. The Morgan fingerprint density at radius 2 is 2.54 bits per heavy atom. The van der Waals surface area contributed by atoms with Crippen LogP contribution in [0.1, 0.15) is 18.0 Å². The number of aryl methyl sites for hydroxylation is 1. The maximum absolute atomic E-state index is 5.78. The van der Waals surface area contributed by atoms with Crippen LogP contribution in [0.4, 0.5) is 5.82 Å². The highest BCUT2D eigenvalue weighted by Gasteiger charge is 2.14. The number of anilines is 1. The lowest BCUT2D eigenvalue weighted by atomic mass is 10.1. The lowest BCUT2D eigenvalue weighted by Crippen LogP contribution is -2.28. The molecule has 0 amide bonds. The van der Waals surface area contributed by atoms with E-state index in [0.717, 1.165) is 12.0 Å². The van der Waals surface area contributed by atoms with E-state index < -0.39 is 0 Å². The molecule has 0 bridgehead atoms. The van der Waals surface area contributed by atoms with Crippen LogP contribution in [0.25, 0.3) is 0 Å². The Bertz CT molecular complexity index is 291. The van der Waals surface area contributed by atoms with Crippen molar-refractivity contribution in [1.82, 2.24) is 15.2 Å². The molecule has 0 fully saturated rings. The van der Waals surface area contributed by atoms with Gasteiger partial charge in [-0.2, -0.15) is 5.10 Å². The number of hydrazine groups is 1. The van der Waals surface area contributed by atoms with Crippen molar-refractivity contribution >= 4 is 5.82 Å². The number of hydrogen-bond donors (Lipinski definition) is 3. The normalized spacial score (nSPS) is 12.8. The van der Waals surface area contributed by atoms with Crippen molar-refractivity contribution in [2.45, 2.75) is 12.5 Å². The zero-order valence-electron chi connectivity index (χ0n) is 7.70. The van der Waals surface area contributed by atoms with Crippen LogP contribution in [0.15, 0.2) is 18.9 Å². The topological polar surface area (TPSA) is 81.9 Å². The standard InChI is InChI=1S/C8H15N5/c1-3-4-7(12-10)6-5-11-13(2)8(6)9/h3,5,7,12H,1,4,9-10H2,2H3. The number of hydrogen-bond acceptors (Lipinski definition) is 4. The largest absolute Gasteiger partial charge is 0.384 e. The summed E-state index contributed by atoms with van der Waals surface area (Å²) in [6.45, 7) is 3.65. The highest BCUT2D eigenvalue weighted by atomic mass is 15.3. The molecule has 1 unspecified atom stereocenters. The zero-order valence-corrected chi connectivity index (χ0v) is 7.70. The molecular formula is C8H15N5. The van der Waals surface area contributed by atoms with Gasteiger partial charge in [0.05, 0.1) is 12.2 Å². The predicted molar refractivity (Wildman–Crippen MR) is 52.5 cm³/mol.